The SMILES string of the molecule is CCCCCCOC(=O)c1c(N)n(-c2ccc(C(=O)OCCCC)cc2)c2nc3ccccc3nc12. The van der Waals surface area contributed by atoms with E-state index in [4.69, 9.17) is 25.2 Å². The van der Waals surface area contributed by atoms with Gasteiger partial charge in [0.1, 0.15) is 16.9 Å². The van der Waals surface area contributed by atoms with Crippen LogP contribution in [0.1, 0.15) is 73.1 Å². The van der Waals surface area contributed by atoms with Crippen LogP contribution in [-0.4, -0.2) is 39.7 Å². The Balaban J connectivity index is 1.72. The molecular formula is C28H32N4O4. The molecule has 8 nitrogen and oxygen atoms in total. The molecule has 0 bridgehead atoms. The first-order valence-electron chi connectivity index (χ1n) is 12.6. The molecule has 2 aromatic carbocycles. The Morgan fingerprint density at radius 1 is 0.806 bits per heavy atom. The molecule has 8 heteroatoms. The van der Waals surface area contributed by atoms with Gasteiger partial charge >= 0.3 is 11.9 Å². The first-order valence-corrected chi connectivity index (χ1v) is 12.6. The number of carbonyl (C=O) groups excluding carboxylic acids is 2. The Kier molecular flexibility index (Phi) is 8.15. The van der Waals surface area contributed by atoms with Crippen LogP contribution >= 0.6 is 0 Å². The van der Waals surface area contributed by atoms with Crippen molar-refractivity contribution in [2.75, 3.05) is 18.9 Å². The molecule has 2 aromatic heterocycles. The molecule has 2 heterocycles. The highest BCUT2D eigenvalue weighted by Crippen LogP contribution is 2.31. The summed E-state index contributed by atoms with van der Waals surface area (Å²) in [7, 11) is 0. The summed E-state index contributed by atoms with van der Waals surface area (Å²) < 4.78 is 12.5. The number of rotatable bonds is 11. The largest absolute Gasteiger partial charge is 0.462 e. The van der Waals surface area contributed by atoms with Crippen molar-refractivity contribution in [2.24, 2.45) is 0 Å². The van der Waals surface area contributed by atoms with Crippen LogP contribution < -0.4 is 5.73 Å². The second kappa shape index (κ2) is 11.7. The van der Waals surface area contributed by atoms with Crippen LogP contribution in [0.2, 0.25) is 0 Å². The fourth-order valence-corrected chi connectivity index (χ4v) is 4.03. The number of benzene rings is 2. The Morgan fingerprint density at radius 2 is 1.44 bits per heavy atom. The van der Waals surface area contributed by atoms with Crippen molar-refractivity contribution in [1.82, 2.24) is 14.5 Å². The van der Waals surface area contributed by atoms with Crippen molar-refractivity contribution < 1.29 is 19.1 Å². The fraction of sp³-hybridized carbons (Fsp3) is 0.357. The van der Waals surface area contributed by atoms with Gasteiger partial charge in [0.2, 0.25) is 0 Å². The summed E-state index contributed by atoms with van der Waals surface area (Å²) in [5.41, 5.74) is 9.98. The molecule has 0 saturated carbocycles. The Hall–Kier alpha value is -3.94. The molecule has 36 heavy (non-hydrogen) atoms. The van der Waals surface area contributed by atoms with Crippen LogP contribution in [0.4, 0.5) is 5.82 Å². The van der Waals surface area contributed by atoms with E-state index >= 15 is 0 Å². The predicted octanol–water partition coefficient (Wildman–Crippen LogP) is 5.85. The van der Waals surface area contributed by atoms with E-state index in [1.165, 1.54) is 0 Å². The number of hydrogen-bond acceptors (Lipinski definition) is 7. The average molecular weight is 489 g/mol. The molecule has 0 aliphatic rings. The van der Waals surface area contributed by atoms with Crippen molar-refractivity contribution in [3.8, 4) is 5.69 Å². The van der Waals surface area contributed by atoms with E-state index < -0.39 is 5.97 Å². The lowest BCUT2D eigenvalue weighted by molar-refractivity contribution is 0.0491. The quantitative estimate of drug-likeness (QED) is 0.208. The number of hydrogen-bond donors (Lipinski definition) is 1. The van der Waals surface area contributed by atoms with E-state index in [1.54, 1.807) is 28.8 Å². The highest BCUT2D eigenvalue weighted by molar-refractivity contribution is 6.09. The number of esters is 2. The molecule has 0 amide bonds. The van der Waals surface area contributed by atoms with Crippen LogP contribution in [0, 0.1) is 0 Å². The number of carbonyl (C=O) groups is 2. The molecule has 188 valence electrons. The van der Waals surface area contributed by atoms with Gasteiger partial charge in [-0.2, -0.15) is 0 Å². The van der Waals surface area contributed by atoms with Crippen molar-refractivity contribution >= 4 is 40.0 Å². The number of nitrogen functional groups attached to an aromatic ring is 1. The van der Waals surface area contributed by atoms with Crippen molar-refractivity contribution in [1.29, 1.82) is 0 Å². The van der Waals surface area contributed by atoms with E-state index in [-0.39, 0.29) is 17.4 Å². The van der Waals surface area contributed by atoms with Crippen LogP contribution in [0.3, 0.4) is 0 Å². The zero-order valence-electron chi connectivity index (χ0n) is 20.8. The number of fused-ring (bicyclic) bond motifs is 2. The third kappa shape index (κ3) is 5.32. The van der Waals surface area contributed by atoms with Gasteiger partial charge in [-0.25, -0.2) is 19.6 Å². The molecule has 0 spiro atoms. The number of aromatic nitrogens is 3. The summed E-state index contributed by atoms with van der Waals surface area (Å²) >= 11 is 0. The lowest BCUT2D eigenvalue weighted by atomic mass is 10.2. The maximum atomic E-state index is 13.1. The van der Waals surface area contributed by atoms with Gasteiger partial charge in [-0.15, -0.1) is 0 Å². The van der Waals surface area contributed by atoms with E-state index in [2.05, 4.69) is 6.92 Å². The Bertz CT molecular complexity index is 1360. The van der Waals surface area contributed by atoms with Crippen LogP contribution in [0.5, 0.6) is 0 Å². The monoisotopic (exact) mass is 488 g/mol. The second-order valence-electron chi connectivity index (χ2n) is 8.71. The summed E-state index contributed by atoms with van der Waals surface area (Å²) in [6, 6.07) is 14.3. The number of nitrogens with two attached hydrogens (primary N) is 1. The number of nitrogens with zero attached hydrogens (tertiary/aromatic N) is 3. The van der Waals surface area contributed by atoms with E-state index in [9.17, 15) is 9.59 Å². The third-order valence-electron chi connectivity index (χ3n) is 6.03. The zero-order chi connectivity index (χ0) is 25.5. The van der Waals surface area contributed by atoms with Crippen molar-refractivity contribution in [3.63, 3.8) is 0 Å². The number of ether oxygens (including phenoxy) is 2. The van der Waals surface area contributed by atoms with Gasteiger partial charge in [0, 0.05) is 5.69 Å². The van der Waals surface area contributed by atoms with Gasteiger partial charge in [-0.05, 0) is 49.2 Å². The molecule has 4 aromatic rings. The second-order valence-corrected chi connectivity index (χ2v) is 8.71. The highest BCUT2D eigenvalue weighted by Gasteiger charge is 2.26. The average Bonchev–Trinajstić information content (AvgIpc) is 3.17. The molecule has 0 unspecified atom stereocenters. The maximum Gasteiger partial charge on any atom is 0.344 e. The van der Waals surface area contributed by atoms with Gasteiger partial charge in [-0.1, -0.05) is 51.7 Å². The Labute approximate surface area is 210 Å². The standard InChI is InChI=1S/C28H32N4O4/c1-3-5-7-10-18-36-28(34)23-24-26(31-22-12-9-8-11-21(22)30-24)32(25(23)29)20-15-13-19(14-16-20)27(33)35-17-6-4-2/h8-9,11-16H,3-7,10,17-18,29H2,1-2H3. The van der Waals surface area contributed by atoms with Gasteiger partial charge in [-0.3, -0.25) is 4.57 Å². The smallest absolute Gasteiger partial charge is 0.344 e. The molecule has 0 aliphatic heterocycles. The summed E-state index contributed by atoms with van der Waals surface area (Å²) in [6.07, 6.45) is 5.76. The van der Waals surface area contributed by atoms with Gasteiger partial charge in [0.05, 0.1) is 29.8 Å². The predicted molar refractivity (Wildman–Crippen MR) is 140 cm³/mol. The number of anilines is 1. The molecule has 2 N–H and O–H groups in total. The summed E-state index contributed by atoms with van der Waals surface area (Å²) in [5, 5.41) is 0. The molecule has 4 rings (SSSR count). The van der Waals surface area contributed by atoms with Crippen LogP contribution in [0.25, 0.3) is 27.9 Å². The van der Waals surface area contributed by atoms with E-state index in [0.29, 0.717) is 46.7 Å². The fourth-order valence-electron chi connectivity index (χ4n) is 4.03. The van der Waals surface area contributed by atoms with Crippen molar-refractivity contribution in [3.05, 3.63) is 59.7 Å². The van der Waals surface area contributed by atoms with E-state index in [1.807, 2.05) is 31.2 Å². The molecule has 0 radical (unpaired) electrons. The first kappa shape index (κ1) is 25.2. The first-order chi connectivity index (χ1) is 17.5. The third-order valence-corrected chi connectivity index (χ3v) is 6.03. The Morgan fingerprint density at radius 3 is 2.14 bits per heavy atom. The molecule has 0 atom stereocenters. The molecular weight excluding hydrogens is 456 g/mol. The minimum atomic E-state index is -0.520. The maximum absolute atomic E-state index is 13.1. The number of para-hydroxylation sites is 2. The summed E-state index contributed by atoms with van der Waals surface area (Å²) in [6.45, 7) is 4.88. The molecule has 0 fully saturated rings. The number of unbranched alkanes of at least 4 members (excludes halogenated alkanes) is 4. The summed E-state index contributed by atoms with van der Waals surface area (Å²) in [4.78, 5) is 34.9. The van der Waals surface area contributed by atoms with Gasteiger partial charge in [0.25, 0.3) is 0 Å². The van der Waals surface area contributed by atoms with Gasteiger partial charge < -0.3 is 15.2 Å². The lowest BCUT2D eigenvalue weighted by Gasteiger charge is -2.09. The van der Waals surface area contributed by atoms with Crippen LogP contribution in [-0.2, 0) is 9.47 Å². The normalized spacial score (nSPS) is 11.2. The lowest BCUT2D eigenvalue weighted by Crippen LogP contribution is -2.10. The zero-order valence-corrected chi connectivity index (χ0v) is 20.8. The highest BCUT2D eigenvalue weighted by atomic mass is 16.5. The van der Waals surface area contributed by atoms with Gasteiger partial charge in [0.15, 0.2) is 5.65 Å². The minimum Gasteiger partial charge on any atom is -0.462 e. The van der Waals surface area contributed by atoms with Crippen LogP contribution in [0.15, 0.2) is 48.5 Å². The minimum absolute atomic E-state index is 0.192. The molecule has 0 aliphatic carbocycles. The summed E-state index contributed by atoms with van der Waals surface area (Å²) in [5.74, 6) is -0.705. The van der Waals surface area contributed by atoms with Crippen molar-refractivity contribution in [2.45, 2.75) is 52.4 Å². The topological polar surface area (TPSA) is 109 Å². The molecule has 0 saturated heterocycles. The van der Waals surface area contributed by atoms with E-state index in [0.717, 1.165) is 38.5 Å².